The van der Waals surface area contributed by atoms with E-state index in [2.05, 4.69) is 26.2 Å². The van der Waals surface area contributed by atoms with Crippen molar-refractivity contribution in [2.75, 3.05) is 13.2 Å². The standard InChI is InChI=1S/C21H17BrF3N3O3/c22-16-17(21(23,24)25)27-18-15(4-1-9-28(18)20(16)30)12-5-7-13(8-6-12)19(29)26-14-3-2-10-31-11-14/h1,4-9,14H,2-3,10-11H2,(H,26,29). The summed E-state index contributed by atoms with van der Waals surface area (Å²) in [6, 6.07) is 9.47. The summed E-state index contributed by atoms with van der Waals surface area (Å²) in [6.45, 7) is 1.16. The number of aromatic nitrogens is 2. The van der Waals surface area contributed by atoms with Crippen LogP contribution in [0, 0.1) is 0 Å². The third kappa shape index (κ3) is 4.35. The number of fused-ring (bicyclic) bond motifs is 1. The molecule has 1 atom stereocenters. The molecule has 0 spiro atoms. The first-order chi connectivity index (χ1) is 14.8. The van der Waals surface area contributed by atoms with E-state index in [1.165, 1.54) is 6.20 Å². The third-order valence-corrected chi connectivity index (χ3v) is 5.74. The van der Waals surface area contributed by atoms with Gasteiger partial charge in [-0.2, -0.15) is 13.2 Å². The SMILES string of the molecule is O=C(NC1CCCOC1)c1ccc(-c2cccn3c(=O)c(Br)c(C(F)(F)F)nc23)cc1. The predicted octanol–water partition coefficient (Wildman–Crippen LogP) is 4.05. The summed E-state index contributed by atoms with van der Waals surface area (Å²) in [6.07, 6.45) is -1.71. The number of hydrogen-bond acceptors (Lipinski definition) is 4. The molecule has 10 heteroatoms. The zero-order valence-electron chi connectivity index (χ0n) is 16.1. The van der Waals surface area contributed by atoms with E-state index in [0.29, 0.717) is 29.9 Å². The van der Waals surface area contributed by atoms with E-state index in [-0.39, 0.29) is 17.6 Å². The summed E-state index contributed by atoms with van der Waals surface area (Å²) in [4.78, 5) is 28.6. The second-order valence-electron chi connectivity index (χ2n) is 7.16. The molecule has 2 aromatic heterocycles. The zero-order valence-corrected chi connectivity index (χ0v) is 17.7. The summed E-state index contributed by atoms with van der Waals surface area (Å²) in [5.74, 6) is -0.252. The molecule has 4 rings (SSSR count). The number of pyridine rings is 1. The Morgan fingerprint density at radius 1 is 1.23 bits per heavy atom. The summed E-state index contributed by atoms with van der Waals surface area (Å²) < 4.78 is 45.8. The number of amides is 1. The smallest absolute Gasteiger partial charge is 0.379 e. The van der Waals surface area contributed by atoms with Gasteiger partial charge >= 0.3 is 6.18 Å². The molecular weight excluding hydrogens is 479 g/mol. The number of rotatable bonds is 3. The fourth-order valence-corrected chi connectivity index (χ4v) is 3.98. The minimum atomic E-state index is -4.79. The predicted molar refractivity (Wildman–Crippen MR) is 111 cm³/mol. The Hall–Kier alpha value is -2.72. The number of benzene rings is 1. The van der Waals surface area contributed by atoms with E-state index in [4.69, 9.17) is 4.74 Å². The molecule has 6 nitrogen and oxygen atoms in total. The van der Waals surface area contributed by atoms with Crippen LogP contribution in [0.1, 0.15) is 28.9 Å². The van der Waals surface area contributed by atoms with E-state index in [1.807, 2.05) is 0 Å². The van der Waals surface area contributed by atoms with Crippen LogP contribution in [0.25, 0.3) is 16.8 Å². The van der Waals surface area contributed by atoms with Crippen LogP contribution in [-0.2, 0) is 10.9 Å². The van der Waals surface area contributed by atoms with Crippen molar-refractivity contribution in [2.24, 2.45) is 0 Å². The maximum atomic E-state index is 13.3. The molecule has 1 amide bonds. The van der Waals surface area contributed by atoms with Crippen molar-refractivity contribution in [1.82, 2.24) is 14.7 Å². The van der Waals surface area contributed by atoms with E-state index in [1.54, 1.807) is 36.4 Å². The first kappa shape index (κ1) is 21.5. The van der Waals surface area contributed by atoms with E-state index < -0.39 is 21.9 Å². The highest BCUT2D eigenvalue weighted by atomic mass is 79.9. The number of hydrogen-bond donors (Lipinski definition) is 1. The summed E-state index contributed by atoms with van der Waals surface area (Å²) >= 11 is 2.71. The summed E-state index contributed by atoms with van der Waals surface area (Å²) in [5, 5.41) is 2.91. The van der Waals surface area contributed by atoms with Gasteiger partial charge in [-0.25, -0.2) is 4.98 Å². The van der Waals surface area contributed by atoms with Gasteiger partial charge in [-0.05, 0) is 58.6 Å². The largest absolute Gasteiger partial charge is 0.434 e. The van der Waals surface area contributed by atoms with Crippen molar-refractivity contribution in [1.29, 1.82) is 0 Å². The topological polar surface area (TPSA) is 72.7 Å². The second-order valence-corrected chi connectivity index (χ2v) is 7.95. The molecule has 1 fully saturated rings. The first-order valence-corrected chi connectivity index (χ1v) is 10.3. The van der Waals surface area contributed by atoms with Crippen LogP contribution in [0.4, 0.5) is 13.2 Å². The van der Waals surface area contributed by atoms with Crippen molar-refractivity contribution >= 4 is 27.5 Å². The molecule has 0 aliphatic carbocycles. The van der Waals surface area contributed by atoms with Gasteiger partial charge in [0.2, 0.25) is 0 Å². The molecule has 0 saturated carbocycles. The monoisotopic (exact) mass is 495 g/mol. The van der Waals surface area contributed by atoms with E-state index in [9.17, 15) is 22.8 Å². The van der Waals surface area contributed by atoms with Gasteiger partial charge in [-0.15, -0.1) is 0 Å². The van der Waals surface area contributed by atoms with E-state index >= 15 is 0 Å². The average molecular weight is 496 g/mol. The molecule has 3 heterocycles. The first-order valence-electron chi connectivity index (χ1n) is 9.53. The molecule has 0 bridgehead atoms. The maximum absolute atomic E-state index is 13.3. The van der Waals surface area contributed by atoms with Crippen LogP contribution < -0.4 is 10.9 Å². The molecule has 31 heavy (non-hydrogen) atoms. The number of carbonyl (C=O) groups excluding carboxylic acids is 1. The molecular formula is C21H17BrF3N3O3. The Labute approximate surface area is 183 Å². The lowest BCUT2D eigenvalue weighted by molar-refractivity contribution is -0.141. The highest BCUT2D eigenvalue weighted by molar-refractivity contribution is 9.10. The van der Waals surface area contributed by atoms with Gasteiger partial charge in [-0.3, -0.25) is 14.0 Å². The summed E-state index contributed by atoms with van der Waals surface area (Å²) in [7, 11) is 0. The van der Waals surface area contributed by atoms with E-state index in [0.717, 1.165) is 17.2 Å². The molecule has 1 N–H and O–H groups in total. The van der Waals surface area contributed by atoms with Gasteiger partial charge in [0.05, 0.1) is 12.6 Å². The van der Waals surface area contributed by atoms with Gasteiger partial charge in [0, 0.05) is 23.9 Å². The quantitative estimate of drug-likeness (QED) is 0.594. The van der Waals surface area contributed by atoms with Crippen molar-refractivity contribution in [2.45, 2.75) is 25.1 Å². The Morgan fingerprint density at radius 2 is 1.97 bits per heavy atom. The molecule has 3 aromatic rings. The number of halogens is 4. The lowest BCUT2D eigenvalue weighted by Crippen LogP contribution is -2.40. The molecule has 1 aliphatic rings. The van der Waals surface area contributed by atoms with Gasteiger partial charge in [0.25, 0.3) is 11.5 Å². The molecule has 1 saturated heterocycles. The Balaban J connectivity index is 1.69. The lowest BCUT2D eigenvalue weighted by Gasteiger charge is -2.23. The van der Waals surface area contributed by atoms with Crippen molar-refractivity contribution in [3.63, 3.8) is 0 Å². The number of ether oxygens (including phenoxy) is 1. The van der Waals surface area contributed by atoms with Crippen LogP contribution in [0.3, 0.4) is 0 Å². The number of nitrogens with zero attached hydrogens (tertiary/aromatic N) is 2. The molecule has 162 valence electrons. The zero-order chi connectivity index (χ0) is 22.2. The van der Waals surface area contributed by atoms with Gasteiger partial charge in [0.1, 0.15) is 10.1 Å². The fourth-order valence-electron chi connectivity index (χ4n) is 3.48. The molecule has 0 radical (unpaired) electrons. The normalized spacial score (nSPS) is 17.0. The van der Waals surface area contributed by atoms with Crippen molar-refractivity contribution < 1.29 is 22.7 Å². The van der Waals surface area contributed by atoms with Crippen LogP contribution in [0.15, 0.2) is 51.9 Å². The lowest BCUT2D eigenvalue weighted by atomic mass is 10.0. The number of carbonyl (C=O) groups is 1. The second kappa shape index (κ2) is 8.43. The third-order valence-electron chi connectivity index (χ3n) is 5.02. The van der Waals surface area contributed by atoms with Crippen LogP contribution in [0.5, 0.6) is 0 Å². The Kier molecular flexibility index (Phi) is 5.85. The Morgan fingerprint density at radius 3 is 2.61 bits per heavy atom. The van der Waals surface area contributed by atoms with Crippen LogP contribution in [0.2, 0.25) is 0 Å². The molecule has 1 aliphatic heterocycles. The van der Waals surface area contributed by atoms with Crippen LogP contribution >= 0.6 is 15.9 Å². The number of nitrogens with one attached hydrogen (secondary N) is 1. The van der Waals surface area contributed by atoms with Crippen molar-refractivity contribution in [3.05, 3.63) is 68.7 Å². The Bertz CT molecular complexity index is 1190. The van der Waals surface area contributed by atoms with Gasteiger partial charge < -0.3 is 10.1 Å². The van der Waals surface area contributed by atoms with Crippen molar-refractivity contribution in [3.8, 4) is 11.1 Å². The molecule has 1 aromatic carbocycles. The minimum Gasteiger partial charge on any atom is -0.379 e. The maximum Gasteiger partial charge on any atom is 0.434 e. The molecule has 1 unspecified atom stereocenters. The van der Waals surface area contributed by atoms with Gasteiger partial charge in [0.15, 0.2) is 5.69 Å². The van der Waals surface area contributed by atoms with Gasteiger partial charge in [-0.1, -0.05) is 12.1 Å². The highest BCUT2D eigenvalue weighted by Crippen LogP contribution is 2.33. The van der Waals surface area contributed by atoms with Crippen LogP contribution in [-0.4, -0.2) is 34.5 Å². The minimum absolute atomic E-state index is 0.0469. The fraction of sp³-hybridized carbons (Fsp3) is 0.286. The summed E-state index contributed by atoms with van der Waals surface area (Å²) in [5.41, 5.74) is -0.984. The highest BCUT2D eigenvalue weighted by Gasteiger charge is 2.37. The number of alkyl halides is 3. The average Bonchev–Trinajstić information content (AvgIpc) is 2.76.